The van der Waals surface area contributed by atoms with Crippen LogP contribution < -0.4 is 0 Å². The first kappa shape index (κ1) is 15.3. The molecule has 0 saturated heterocycles. The van der Waals surface area contributed by atoms with Crippen molar-refractivity contribution in [3.05, 3.63) is 34.6 Å². The SMILES string of the molecule is CC(C)C1=C/C(=C2\C(=O)C=C3C(C)(C)CCC[C@@]32C)OC1=O. The summed E-state index contributed by atoms with van der Waals surface area (Å²) in [6, 6.07) is 0. The molecule has 0 aromatic heterocycles. The van der Waals surface area contributed by atoms with Crippen LogP contribution in [0.2, 0.25) is 0 Å². The van der Waals surface area contributed by atoms with Crippen LogP contribution in [0.1, 0.15) is 53.9 Å². The smallest absolute Gasteiger partial charge is 0.339 e. The summed E-state index contributed by atoms with van der Waals surface area (Å²) in [7, 11) is 0. The van der Waals surface area contributed by atoms with Crippen molar-refractivity contribution < 1.29 is 14.3 Å². The summed E-state index contributed by atoms with van der Waals surface area (Å²) in [6.45, 7) is 10.5. The average molecular weight is 300 g/mol. The molecule has 0 bridgehead atoms. The van der Waals surface area contributed by atoms with Crippen molar-refractivity contribution in [2.75, 3.05) is 0 Å². The van der Waals surface area contributed by atoms with Crippen molar-refractivity contribution in [1.29, 1.82) is 0 Å². The minimum absolute atomic E-state index is 0.0107. The summed E-state index contributed by atoms with van der Waals surface area (Å²) in [5, 5.41) is 0. The van der Waals surface area contributed by atoms with E-state index >= 15 is 0 Å². The van der Waals surface area contributed by atoms with Crippen LogP contribution in [0.25, 0.3) is 0 Å². The van der Waals surface area contributed by atoms with E-state index in [1.807, 2.05) is 13.8 Å². The van der Waals surface area contributed by atoms with Gasteiger partial charge in [0.05, 0.1) is 5.57 Å². The highest BCUT2D eigenvalue weighted by Gasteiger charge is 2.51. The molecule has 3 nitrogen and oxygen atoms in total. The zero-order chi connectivity index (χ0) is 16.3. The van der Waals surface area contributed by atoms with E-state index in [4.69, 9.17) is 4.74 Å². The van der Waals surface area contributed by atoms with Gasteiger partial charge in [-0.25, -0.2) is 4.79 Å². The Morgan fingerprint density at radius 3 is 2.36 bits per heavy atom. The second-order valence-electron chi connectivity index (χ2n) is 7.87. The van der Waals surface area contributed by atoms with Gasteiger partial charge < -0.3 is 4.74 Å². The number of allylic oxidation sites excluding steroid dienone is 4. The van der Waals surface area contributed by atoms with E-state index in [1.165, 1.54) is 5.57 Å². The van der Waals surface area contributed by atoms with Crippen LogP contribution in [0.4, 0.5) is 0 Å². The minimum atomic E-state index is -0.308. The van der Waals surface area contributed by atoms with Gasteiger partial charge >= 0.3 is 5.97 Å². The molecule has 1 fully saturated rings. The van der Waals surface area contributed by atoms with E-state index in [-0.39, 0.29) is 28.5 Å². The van der Waals surface area contributed by atoms with Gasteiger partial charge in [-0.15, -0.1) is 0 Å². The van der Waals surface area contributed by atoms with Crippen LogP contribution in [0.3, 0.4) is 0 Å². The van der Waals surface area contributed by atoms with Crippen molar-refractivity contribution in [2.24, 2.45) is 16.7 Å². The standard InChI is InChI=1S/C19H24O3/c1-11(2)12-9-14(22-17(12)21)16-13(20)10-15-18(3,4)7-6-8-19(15,16)5/h9-11H,6-8H2,1-5H3/b16-14-/t19-/m0/s1. The third-order valence-electron chi connectivity index (χ3n) is 5.47. The van der Waals surface area contributed by atoms with Crippen LogP contribution in [0.5, 0.6) is 0 Å². The van der Waals surface area contributed by atoms with E-state index in [0.29, 0.717) is 16.9 Å². The molecule has 3 heteroatoms. The second kappa shape index (κ2) is 4.68. The van der Waals surface area contributed by atoms with Crippen LogP contribution in [-0.2, 0) is 14.3 Å². The lowest BCUT2D eigenvalue weighted by molar-refractivity contribution is -0.133. The molecule has 0 N–H and O–H groups in total. The lowest BCUT2D eigenvalue weighted by Gasteiger charge is -2.43. The molecule has 3 aliphatic rings. The number of ketones is 1. The van der Waals surface area contributed by atoms with Gasteiger partial charge in [-0.2, -0.15) is 0 Å². The molecule has 0 radical (unpaired) electrons. The molecule has 0 aromatic carbocycles. The van der Waals surface area contributed by atoms with E-state index in [2.05, 4.69) is 20.8 Å². The fourth-order valence-electron chi connectivity index (χ4n) is 4.30. The number of hydrogen-bond acceptors (Lipinski definition) is 3. The number of ether oxygens (including phenoxy) is 1. The van der Waals surface area contributed by atoms with Crippen molar-refractivity contribution >= 4 is 11.8 Å². The Labute approximate surface area is 132 Å². The topological polar surface area (TPSA) is 43.4 Å². The Bertz CT molecular complexity index is 658. The molecule has 1 heterocycles. The molecule has 0 aromatic rings. The third-order valence-corrected chi connectivity index (χ3v) is 5.47. The molecule has 1 atom stereocenters. The normalized spacial score (nSPS) is 33.7. The highest BCUT2D eigenvalue weighted by atomic mass is 16.5. The molecule has 22 heavy (non-hydrogen) atoms. The Morgan fingerprint density at radius 1 is 1.09 bits per heavy atom. The summed E-state index contributed by atoms with van der Waals surface area (Å²) in [5.41, 5.74) is 2.26. The maximum absolute atomic E-state index is 12.6. The highest BCUT2D eigenvalue weighted by molar-refractivity contribution is 6.11. The van der Waals surface area contributed by atoms with Gasteiger partial charge in [-0.05, 0) is 36.3 Å². The second-order valence-corrected chi connectivity index (χ2v) is 7.87. The number of carbonyl (C=O) groups is 2. The Hall–Kier alpha value is -1.64. The van der Waals surface area contributed by atoms with Crippen LogP contribution in [0, 0.1) is 16.7 Å². The summed E-state index contributed by atoms with van der Waals surface area (Å²) in [4.78, 5) is 24.7. The van der Waals surface area contributed by atoms with Crippen molar-refractivity contribution in [3.8, 4) is 0 Å². The number of fused-ring (bicyclic) bond motifs is 1. The lowest BCUT2D eigenvalue weighted by atomic mass is 9.60. The zero-order valence-corrected chi connectivity index (χ0v) is 14.1. The summed E-state index contributed by atoms with van der Waals surface area (Å²) in [6.07, 6.45) is 6.69. The first-order valence-corrected chi connectivity index (χ1v) is 8.12. The van der Waals surface area contributed by atoms with Gasteiger partial charge in [-0.1, -0.05) is 46.6 Å². The van der Waals surface area contributed by atoms with Crippen molar-refractivity contribution in [2.45, 2.75) is 53.9 Å². The van der Waals surface area contributed by atoms with Gasteiger partial charge in [0.25, 0.3) is 0 Å². The zero-order valence-electron chi connectivity index (χ0n) is 14.1. The largest absolute Gasteiger partial charge is 0.423 e. The Kier molecular flexibility index (Phi) is 3.24. The molecular formula is C19H24O3. The van der Waals surface area contributed by atoms with Crippen molar-refractivity contribution in [3.63, 3.8) is 0 Å². The van der Waals surface area contributed by atoms with E-state index < -0.39 is 0 Å². The van der Waals surface area contributed by atoms with Crippen LogP contribution in [-0.4, -0.2) is 11.8 Å². The monoisotopic (exact) mass is 300 g/mol. The first-order valence-electron chi connectivity index (χ1n) is 8.12. The fraction of sp³-hybridized carbons (Fsp3) is 0.579. The fourth-order valence-corrected chi connectivity index (χ4v) is 4.30. The molecule has 0 spiro atoms. The average Bonchev–Trinajstić information content (AvgIpc) is 2.87. The molecule has 3 rings (SSSR count). The molecular weight excluding hydrogens is 276 g/mol. The van der Waals surface area contributed by atoms with Crippen molar-refractivity contribution in [1.82, 2.24) is 0 Å². The lowest BCUT2D eigenvalue weighted by Crippen LogP contribution is -2.34. The van der Waals surface area contributed by atoms with Gasteiger partial charge in [0.15, 0.2) is 5.78 Å². The quantitative estimate of drug-likeness (QED) is 0.541. The number of cyclic esters (lactones) is 1. The van der Waals surface area contributed by atoms with Gasteiger partial charge in [0.1, 0.15) is 5.76 Å². The Morgan fingerprint density at radius 2 is 1.77 bits per heavy atom. The molecule has 2 aliphatic carbocycles. The van der Waals surface area contributed by atoms with E-state index in [0.717, 1.165) is 19.3 Å². The molecule has 1 aliphatic heterocycles. The minimum Gasteiger partial charge on any atom is -0.423 e. The van der Waals surface area contributed by atoms with Gasteiger partial charge in [0.2, 0.25) is 0 Å². The number of carbonyl (C=O) groups excluding carboxylic acids is 2. The maximum atomic E-state index is 12.6. The summed E-state index contributed by atoms with van der Waals surface area (Å²) < 4.78 is 5.47. The van der Waals surface area contributed by atoms with Gasteiger partial charge in [0, 0.05) is 11.0 Å². The number of esters is 1. The third kappa shape index (κ3) is 2.02. The predicted octanol–water partition coefficient (Wildman–Crippen LogP) is 4.11. The maximum Gasteiger partial charge on any atom is 0.339 e. The van der Waals surface area contributed by atoms with E-state index in [9.17, 15) is 9.59 Å². The molecule has 118 valence electrons. The summed E-state index contributed by atoms with van der Waals surface area (Å²) >= 11 is 0. The first-order chi connectivity index (χ1) is 10.2. The number of rotatable bonds is 1. The summed E-state index contributed by atoms with van der Waals surface area (Å²) in [5.74, 6) is 0.282. The predicted molar refractivity (Wildman–Crippen MR) is 84.9 cm³/mol. The molecule has 0 unspecified atom stereocenters. The number of hydrogen-bond donors (Lipinski definition) is 0. The van der Waals surface area contributed by atoms with Crippen LogP contribution >= 0.6 is 0 Å². The van der Waals surface area contributed by atoms with Gasteiger partial charge in [-0.3, -0.25) is 4.79 Å². The molecule has 1 saturated carbocycles. The Balaban J connectivity index is 2.13. The highest BCUT2D eigenvalue weighted by Crippen LogP contribution is 2.58. The molecule has 0 amide bonds. The van der Waals surface area contributed by atoms with E-state index in [1.54, 1.807) is 12.2 Å². The van der Waals surface area contributed by atoms with Crippen LogP contribution in [0.15, 0.2) is 34.6 Å².